The molecule has 2 aromatic carbocycles. The summed E-state index contributed by atoms with van der Waals surface area (Å²) >= 11 is 1.55. The summed E-state index contributed by atoms with van der Waals surface area (Å²) < 4.78 is 5.83. The van der Waals surface area contributed by atoms with Gasteiger partial charge in [0.1, 0.15) is 11.5 Å². The van der Waals surface area contributed by atoms with Gasteiger partial charge in [-0.25, -0.2) is 6.57 Å². The van der Waals surface area contributed by atoms with Gasteiger partial charge in [0.25, 0.3) is 5.69 Å². The minimum Gasteiger partial charge on any atom is -0.457 e. The molecule has 0 spiro atoms. The molecule has 0 unspecified atom stereocenters. The Bertz CT molecular complexity index is 1170. The van der Waals surface area contributed by atoms with Crippen LogP contribution in [0.2, 0.25) is 0 Å². The monoisotopic (exact) mass is 437 g/mol. The zero-order chi connectivity index (χ0) is 22.0. The van der Waals surface area contributed by atoms with Gasteiger partial charge in [-0.2, -0.15) is 0 Å². The number of amides is 1. The first-order valence-electron chi connectivity index (χ1n) is 9.49. The number of benzene rings is 2. The van der Waals surface area contributed by atoms with Gasteiger partial charge in [-0.05, 0) is 42.3 Å². The third kappa shape index (κ3) is 4.33. The first-order valence-corrected chi connectivity index (χ1v) is 10.6. The highest BCUT2D eigenvalue weighted by Crippen LogP contribution is 2.29. The summed E-state index contributed by atoms with van der Waals surface area (Å²) in [7, 11) is 0. The van der Waals surface area contributed by atoms with Gasteiger partial charge in [0.15, 0.2) is 0 Å². The van der Waals surface area contributed by atoms with Crippen LogP contribution in [-0.2, 0) is 11.2 Å². The molecule has 158 valence electrons. The predicted molar refractivity (Wildman–Crippen MR) is 118 cm³/mol. The molecule has 3 N–H and O–H groups in total. The molecule has 1 aliphatic heterocycles. The number of aromatic nitrogens is 1. The average molecular weight is 437 g/mol. The van der Waals surface area contributed by atoms with Crippen molar-refractivity contribution in [2.45, 2.75) is 18.6 Å². The highest BCUT2D eigenvalue weighted by atomic mass is 32.2. The number of nitro benzene ring substituents is 1. The summed E-state index contributed by atoms with van der Waals surface area (Å²) in [5.74, 6) is 1.91. The Morgan fingerprint density at radius 1 is 1.35 bits per heavy atom. The van der Waals surface area contributed by atoms with Crippen molar-refractivity contribution in [2.24, 2.45) is 5.73 Å². The third-order valence-electron chi connectivity index (χ3n) is 5.07. The van der Waals surface area contributed by atoms with E-state index < -0.39 is 17.1 Å². The number of carbonyl (C=O) groups excluding carboxylic acids is 1. The number of nitro groups is 1. The van der Waals surface area contributed by atoms with Crippen LogP contribution in [0.3, 0.4) is 0 Å². The fraction of sp³-hybridized carbons (Fsp3) is 0.238. The molecule has 1 aliphatic rings. The summed E-state index contributed by atoms with van der Waals surface area (Å²) in [5, 5.41) is 11.7. The Balaban J connectivity index is 1.51. The van der Waals surface area contributed by atoms with E-state index in [1.165, 1.54) is 24.3 Å². The van der Waals surface area contributed by atoms with Crippen molar-refractivity contribution in [3.8, 4) is 11.5 Å². The van der Waals surface area contributed by atoms with Crippen LogP contribution < -0.4 is 10.5 Å². The molecule has 3 aromatic rings. The van der Waals surface area contributed by atoms with Crippen LogP contribution in [0.4, 0.5) is 5.69 Å². The zero-order valence-electron chi connectivity index (χ0n) is 16.4. The number of H-pyrrole nitrogens is 1. The summed E-state index contributed by atoms with van der Waals surface area (Å²) in [6.07, 6.45) is 1.69. The van der Waals surface area contributed by atoms with Crippen molar-refractivity contribution in [3.63, 3.8) is 0 Å². The predicted octanol–water partition coefficient (Wildman–Crippen LogP) is 3.52. The Hall–Kier alpha value is -3.55. The van der Waals surface area contributed by atoms with Gasteiger partial charge >= 0.3 is 6.17 Å². The number of non-ortho nitro benzene ring substituents is 1. The lowest BCUT2D eigenvalue weighted by Gasteiger charge is -2.19. The second-order valence-corrected chi connectivity index (χ2v) is 8.10. The van der Waals surface area contributed by atoms with Gasteiger partial charge in [-0.3, -0.25) is 24.7 Å². The zero-order valence-corrected chi connectivity index (χ0v) is 17.2. The van der Waals surface area contributed by atoms with Crippen LogP contribution in [0.5, 0.6) is 11.5 Å². The largest absolute Gasteiger partial charge is 0.457 e. The quantitative estimate of drug-likeness (QED) is 0.346. The molecule has 0 bridgehead atoms. The van der Waals surface area contributed by atoms with Crippen molar-refractivity contribution in [1.29, 1.82) is 0 Å². The van der Waals surface area contributed by atoms with E-state index >= 15 is 0 Å². The molecule has 4 rings (SSSR count). The molecule has 0 radical (unpaired) electrons. The van der Waals surface area contributed by atoms with Gasteiger partial charge in [0.05, 0.1) is 22.6 Å². The van der Waals surface area contributed by atoms with Crippen molar-refractivity contribution < 1.29 is 14.5 Å². The molecular formula is C21H19N5O4S. The van der Waals surface area contributed by atoms with Crippen molar-refractivity contribution >= 4 is 34.3 Å². The smallest absolute Gasteiger partial charge is 0.310 e. The number of fused-ring (bicyclic) bond motifs is 1. The maximum Gasteiger partial charge on any atom is 0.310 e. The SMILES string of the molecule is [C-]#[N+][C@H]1CSCN1C(=O)[C@@H](N)Cc1c[nH]c2ccc(Oc3ccc([N+](=O)[O-])cc3)cc12. The molecular weight excluding hydrogens is 418 g/mol. The molecule has 1 amide bonds. The van der Waals surface area contributed by atoms with Crippen LogP contribution in [0.25, 0.3) is 15.7 Å². The highest BCUT2D eigenvalue weighted by molar-refractivity contribution is 7.99. The Morgan fingerprint density at radius 3 is 2.81 bits per heavy atom. The lowest BCUT2D eigenvalue weighted by atomic mass is 10.0. The molecule has 0 aliphatic carbocycles. The summed E-state index contributed by atoms with van der Waals surface area (Å²) in [6.45, 7) is 7.24. The van der Waals surface area contributed by atoms with Gasteiger partial charge in [0.2, 0.25) is 5.91 Å². The molecule has 1 aromatic heterocycles. The maximum absolute atomic E-state index is 12.7. The van der Waals surface area contributed by atoms with E-state index in [1.54, 1.807) is 22.7 Å². The first kappa shape index (κ1) is 20.7. The van der Waals surface area contributed by atoms with E-state index in [2.05, 4.69) is 9.83 Å². The van der Waals surface area contributed by atoms with Gasteiger partial charge in [-0.15, -0.1) is 11.8 Å². The van der Waals surface area contributed by atoms with Crippen molar-refractivity contribution in [1.82, 2.24) is 9.88 Å². The minimum atomic E-state index is -0.749. The number of nitrogens with one attached hydrogen (secondary N) is 1. The number of rotatable bonds is 6. The number of ether oxygens (including phenoxy) is 1. The number of thioether (sulfide) groups is 1. The van der Waals surface area contributed by atoms with E-state index in [-0.39, 0.29) is 11.6 Å². The Labute approximate surface area is 182 Å². The van der Waals surface area contributed by atoms with Crippen LogP contribution >= 0.6 is 11.8 Å². The summed E-state index contributed by atoms with van der Waals surface area (Å²) in [4.78, 5) is 31.3. The fourth-order valence-electron chi connectivity index (χ4n) is 3.45. The van der Waals surface area contributed by atoms with Crippen LogP contribution in [0, 0.1) is 16.7 Å². The minimum absolute atomic E-state index is 0.00811. The lowest BCUT2D eigenvalue weighted by Crippen LogP contribution is -2.46. The van der Waals surface area contributed by atoms with Crippen LogP contribution in [0.15, 0.2) is 48.7 Å². The van der Waals surface area contributed by atoms with Crippen LogP contribution in [0.1, 0.15) is 5.56 Å². The number of carbonyl (C=O) groups is 1. The number of nitrogens with two attached hydrogens (primary N) is 1. The fourth-order valence-corrected chi connectivity index (χ4v) is 4.52. The Morgan fingerprint density at radius 2 is 2.10 bits per heavy atom. The molecule has 2 atom stereocenters. The van der Waals surface area contributed by atoms with Gasteiger partial charge in [0, 0.05) is 29.2 Å². The van der Waals surface area contributed by atoms with E-state index in [1.807, 2.05) is 18.3 Å². The average Bonchev–Trinajstić information content (AvgIpc) is 3.40. The number of aromatic amines is 1. The molecule has 2 heterocycles. The lowest BCUT2D eigenvalue weighted by molar-refractivity contribution is -0.384. The number of hydrogen-bond donors (Lipinski definition) is 2. The normalized spacial score (nSPS) is 16.8. The summed E-state index contributed by atoms with van der Waals surface area (Å²) in [6, 6.07) is 10.6. The number of nitrogens with zero attached hydrogens (tertiary/aromatic N) is 3. The highest BCUT2D eigenvalue weighted by Gasteiger charge is 2.36. The van der Waals surface area contributed by atoms with E-state index in [4.69, 9.17) is 17.0 Å². The third-order valence-corrected chi connectivity index (χ3v) is 6.06. The molecule has 0 saturated carbocycles. The second kappa shape index (κ2) is 8.67. The topological polar surface area (TPSA) is 119 Å². The van der Waals surface area contributed by atoms with Crippen molar-refractivity contribution in [2.75, 3.05) is 11.6 Å². The first-order chi connectivity index (χ1) is 15.0. The summed E-state index contributed by atoms with van der Waals surface area (Å²) in [5.41, 5.74) is 7.93. The van der Waals surface area contributed by atoms with Crippen LogP contribution in [-0.4, -0.2) is 44.6 Å². The van der Waals surface area contributed by atoms with E-state index in [0.29, 0.717) is 29.5 Å². The van der Waals surface area contributed by atoms with Crippen molar-refractivity contribution in [3.05, 3.63) is 75.8 Å². The standard InChI is InChI=1S/C21H19N5O4S/c1-23-20-11-31-12-25(20)21(27)18(22)8-13-10-24-19-7-6-16(9-17(13)19)30-15-4-2-14(3-5-15)26(28)29/h2-7,9-10,18,20,24H,8,11-12,22H2/t18-,20+/m0/s1. The molecule has 9 nitrogen and oxygen atoms in total. The molecule has 1 fully saturated rings. The molecule has 10 heteroatoms. The second-order valence-electron chi connectivity index (χ2n) is 7.10. The molecule has 1 saturated heterocycles. The maximum atomic E-state index is 12.7. The number of hydrogen-bond acceptors (Lipinski definition) is 6. The van der Waals surface area contributed by atoms with E-state index in [9.17, 15) is 14.9 Å². The Kier molecular flexibility index (Phi) is 5.79. The van der Waals surface area contributed by atoms with Gasteiger partial charge in [-0.1, -0.05) is 0 Å². The molecule has 31 heavy (non-hydrogen) atoms. The van der Waals surface area contributed by atoms with Gasteiger partial charge < -0.3 is 15.5 Å². The van der Waals surface area contributed by atoms with E-state index in [0.717, 1.165) is 16.5 Å².